The third-order valence-corrected chi connectivity index (χ3v) is 6.27. The summed E-state index contributed by atoms with van der Waals surface area (Å²) in [5, 5.41) is 1.42. The molecule has 5 rings (SSSR count). The van der Waals surface area contributed by atoms with Crippen LogP contribution in [0.4, 0.5) is 5.69 Å². The second-order valence-electron chi connectivity index (χ2n) is 7.87. The number of rotatable bonds is 4. The molecule has 0 saturated heterocycles. The Kier molecular flexibility index (Phi) is 5.81. The van der Waals surface area contributed by atoms with E-state index in [0.717, 1.165) is 11.4 Å². The van der Waals surface area contributed by atoms with Crippen molar-refractivity contribution < 1.29 is 0 Å². The first-order valence-electron chi connectivity index (χ1n) is 10.3. The van der Waals surface area contributed by atoms with Crippen LogP contribution in [0.15, 0.2) is 77.9 Å². The van der Waals surface area contributed by atoms with E-state index in [2.05, 4.69) is 4.98 Å². The maximum Gasteiger partial charge on any atom is 0.286 e. The first kappa shape index (κ1) is 22.5. The Morgan fingerprint density at radius 1 is 0.824 bits per heavy atom. The van der Waals surface area contributed by atoms with Gasteiger partial charge in [-0.3, -0.25) is 13.9 Å². The van der Waals surface area contributed by atoms with Crippen LogP contribution in [0, 0.1) is 0 Å². The summed E-state index contributed by atoms with van der Waals surface area (Å²) in [7, 11) is 3.95. The number of imidazole rings is 1. The minimum absolute atomic E-state index is 0.237. The first-order valence-corrected chi connectivity index (χ1v) is 11.5. The molecule has 0 aliphatic heterocycles. The molecule has 0 aliphatic rings. The van der Waals surface area contributed by atoms with Crippen molar-refractivity contribution in [2.24, 2.45) is 0 Å². The predicted molar refractivity (Wildman–Crippen MR) is 139 cm³/mol. The third-order valence-electron chi connectivity index (χ3n) is 5.47. The number of benzene rings is 3. The Bertz CT molecular complexity index is 1570. The highest BCUT2D eigenvalue weighted by atomic mass is 35.5. The smallest absolute Gasteiger partial charge is 0.286 e. The van der Waals surface area contributed by atoms with Gasteiger partial charge in [-0.25, -0.2) is 9.97 Å². The summed E-state index contributed by atoms with van der Waals surface area (Å²) in [6.07, 6.45) is 1.60. The van der Waals surface area contributed by atoms with Gasteiger partial charge < -0.3 is 4.90 Å². The van der Waals surface area contributed by atoms with Crippen molar-refractivity contribution in [3.05, 3.63) is 98.5 Å². The molecule has 0 atom stereocenters. The molecule has 5 aromatic rings. The molecule has 2 aromatic heterocycles. The molecule has 2 heterocycles. The van der Waals surface area contributed by atoms with Crippen LogP contribution in [0.3, 0.4) is 0 Å². The lowest BCUT2D eigenvalue weighted by atomic mass is 10.2. The Labute approximate surface area is 210 Å². The minimum Gasteiger partial charge on any atom is -0.378 e. The number of halogens is 3. The van der Waals surface area contributed by atoms with E-state index in [1.54, 1.807) is 53.4 Å². The lowest BCUT2D eigenvalue weighted by molar-refractivity contribution is 0.962. The Morgan fingerprint density at radius 3 is 2.12 bits per heavy atom. The molecule has 0 amide bonds. The highest BCUT2D eigenvalue weighted by Crippen LogP contribution is 2.31. The standard InChI is InChI=1S/C25H18Cl3N5O/c1-31(2)17-8-10-18(11-9-17)32-14-29-22-24(32)30-23(20-12-5-16(27)13-21(20)28)33(25(22)34)19-6-3-15(26)4-7-19/h3-14H,1-2H3. The van der Waals surface area contributed by atoms with Crippen molar-refractivity contribution in [1.29, 1.82) is 0 Å². The van der Waals surface area contributed by atoms with Crippen molar-refractivity contribution in [3.63, 3.8) is 0 Å². The van der Waals surface area contributed by atoms with Gasteiger partial charge in [0.1, 0.15) is 6.33 Å². The number of nitrogens with zero attached hydrogens (tertiary/aromatic N) is 5. The zero-order valence-electron chi connectivity index (χ0n) is 18.2. The van der Waals surface area contributed by atoms with Crippen LogP contribution in [0.2, 0.25) is 15.1 Å². The summed E-state index contributed by atoms with van der Waals surface area (Å²) in [6.45, 7) is 0. The first-order chi connectivity index (χ1) is 16.3. The van der Waals surface area contributed by atoms with E-state index in [4.69, 9.17) is 39.8 Å². The van der Waals surface area contributed by atoms with Gasteiger partial charge in [-0.15, -0.1) is 0 Å². The van der Waals surface area contributed by atoms with Gasteiger partial charge in [0.15, 0.2) is 17.0 Å². The molecule has 0 saturated carbocycles. The molecular formula is C25H18Cl3N5O. The molecule has 0 unspecified atom stereocenters. The van der Waals surface area contributed by atoms with E-state index in [9.17, 15) is 4.79 Å². The number of aromatic nitrogens is 4. The average molecular weight is 511 g/mol. The number of hydrogen-bond donors (Lipinski definition) is 0. The van der Waals surface area contributed by atoms with Gasteiger partial charge in [-0.2, -0.15) is 0 Å². The second kappa shape index (κ2) is 8.80. The van der Waals surface area contributed by atoms with E-state index in [1.165, 1.54) is 4.57 Å². The van der Waals surface area contributed by atoms with Crippen LogP contribution in [0.25, 0.3) is 33.9 Å². The van der Waals surface area contributed by atoms with E-state index >= 15 is 0 Å². The third kappa shape index (κ3) is 3.94. The minimum atomic E-state index is -0.322. The molecule has 34 heavy (non-hydrogen) atoms. The average Bonchev–Trinajstić information content (AvgIpc) is 3.24. The normalized spacial score (nSPS) is 11.2. The van der Waals surface area contributed by atoms with Crippen molar-refractivity contribution in [2.45, 2.75) is 0 Å². The van der Waals surface area contributed by atoms with E-state index < -0.39 is 0 Å². The maximum atomic E-state index is 13.7. The summed E-state index contributed by atoms with van der Waals surface area (Å²) < 4.78 is 3.27. The van der Waals surface area contributed by atoms with Crippen molar-refractivity contribution in [2.75, 3.05) is 19.0 Å². The zero-order valence-corrected chi connectivity index (χ0v) is 20.5. The monoisotopic (exact) mass is 509 g/mol. The van der Waals surface area contributed by atoms with E-state index in [1.807, 2.05) is 43.3 Å². The fraction of sp³-hybridized carbons (Fsp3) is 0.0800. The summed E-state index contributed by atoms with van der Waals surface area (Å²) in [5.41, 5.74) is 3.38. The molecule has 0 N–H and O–H groups in total. The highest BCUT2D eigenvalue weighted by molar-refractivity contribution is 6.36. The molecule has 3 aromatic carbocycles. The number of hydrogen-bond acceptors (Lipinski definition) is 4. The Balaban J connectivity index is 1.80. The van der Waals surface area contributed by atoms with Crippen molar-refractivity contribution >= 4 is 51.7 Å². The zero-order chi connectivity index (χ0) is 24.0. The van der Waals surface area contributed by atoms with E-state index in [0.29, 0.717) is 37.8 Å². The second-order valence-corrected chi connectivity index (χ2v) is 9.15. The van der Waals surface area contributed by atoms with Gasteiger partial charge in [-0.1, -0.05) is 34.8 Å². The van der Waals surface area contributed by atoms with Crippen LogP contribution in [0.1, 0.15) is 0 Å². The van der Waals surface area contributed by atoms with Crippen molar-refractivity contribution in [3.8, 4) is 22.8 Å². The summed E-state index contributed by atoms with van der Waals surface area (Å²) in [4.78, 5) is 25.0. The molecule has 170 valence electrons. The largest absolute Gasteiger partial charge is 0.378 e. The summed E-state index contributed by atoms with van der Waals surface area (Å²) in [6, 6.07) is 19.9. The van der Waals surface area contributed by atoms with Crippen LogP contribution in [0.5, 0.6) is 0 Å². The molecule has 0 bridgehead atoms. The van der Waals surface area contributed by atoms with Crippen molar-refractivity contribution in [1.82, 2.24) is 19.1 Å². The Morgan fingerprint density at radius 2 is 1.47 bits per heavy atom. The van der Waals surface area contributed by atoms with E-state index in [-0.39, 0.29) is 11.1 Å². The van der Waals surface area contributed by atoms with Gasteiger partial charge in [-0.05, 0) is 66.7 Å². The molecular weight excluding hydrogens is 493 g/mol. The SMILES string of the molecule is CN(C)c1ccc(-n2cnc3c(=O)n(-c4ccc(Cl)cc4)c(-c4ccc(Cl)cc4Cl)nc32)cc1. The molecule has 0 aliphatic carbocycles. The maximum absolute atomic E-state index is 13.7. The molecule has 9 heteroatoms. The fourth-order valence-corrected chi connectivity index (χ4v) is 4.35. The topological polar surface area (TPSA) is 56.0 Å². The number of fused-ring (bicyclic) bond motifs is 1. The van der Waals surface area contributed by atoms with Crippen LogP contribution < -0.4 is 10.5 Å². The van der Waals surface area contributed by atoms with Crippen LogP contribution in [-0.2, 0) is 0 Å². The lowest BCUT2D eigenvalue weighted by Crippen LogP contribution is -2.22. The van der Waals surface area contributed by atoms with Gasteiger partial charge in [0.05, 0.1) is 10.7 Å². The highest BCUT2D eigenvalue weighted by Gasteiger charge is 2.20. The van der Waals surface area contributed by atoms with Gasteiger partial charge >= 0.3 is 0 Å². The quantitative estimate of drug-likeness (QED) is 0.286. The van der Waals surface area contributed by atoms with Gasteiger partial charge in [0, 0.05) is 41.1 Å². The van der Waals surface area contributed by atoms with Crippen LogP contribution >= 0.6 is 34.8 Å². The van der Waals surface area contributed by atoms with Gasteiger partial charge in [0.2, 0.25) is 0 Å². The number of anilines is 1. The van der Waals surface area contributed by atoms with Gasteiger partial charge in [0.25, 0.3) is 5.56 Å². The lowest BCUT2D eigenvalue weighted by Gasteiger charge is -2.15. The summed E-state index contributed by atoms with van der Waals surface area (Å²) >= 11 is 18.7. The molecule has 0 radical (unpaired) electrons. The fourth-order valence-electron chi connectivity index (χ4n) is 3.73. The Hall–Kier alpha value is -3.32. The molecule has 0 fully saturated rings. The summed E-state index contributed by atoms with van der Waals surface area (Å²) in [5.74, 6) is 0.369. The van der Waals surface area contributed by atoms with Crippen LogP contribution in [-0.4, -0.2) is 33.2 Å². The molecule has 6 nitrogen and oxygen atoms in total. The molecule has 0 spiro atoms. The predicted octanol–water partition coefficient (Wildman–Crippen LogP) is 6.26.